The van der Waals surface area contributed by atoms with Gasteiger partial charge in [-0.1, -0.05) is 32.1 Å². The van der Waals surface area contributed by atoms with Gasteiger partial charge in [-0.2, -0.15) is 0 Å². The maximum Gasteiger partial charge on any atom is 0.323 e. The van der Waals surface area contributed by atoms with Gasteiger partial charge in [0.25, 0.3) is 0 Å². The fourth-order valence-corrected chi connectivity index (χ4v) is 2.94. The molecule has 0 radical (unpaired) electrons. The summed E-state index contributed by atoms with van der Waals surface area (Å²) in [6.07, 6.45) is 9.15. The van der Waals surface area contributed by atoms with Crippen molar-refractivity contribution in [1.29, 1.82) is 0 Å². The van der Waals surface area contributed by atoms with Crippen LogP contribution >= 0.6 is 0 Å². The SMILES string of the molecule is O=C(O)Cn1cccc1N1C(=O)CCCCCCCCCC1=O. The van der Waals surface area contributed by atoms with E-state index >= 15 is 0 Å². The quantitative estimate of drug-likeness (QED) is 0.868. The molecular weight excluding hydrogens is 296 g/mol. The number of anilines is 1. The highest BCUT2D eigenvalue weighted by Crippen LogP contribution is 2.21. The average Bonchev–Trinajstić information content (AvgIpc) is 2.91. The molecule has 0 spiro atoms. The first kappa shape index (κ1) is 17.2. The highest BCUT2D eigenvalue weighted by Gasteiger charge is 2.25. The fraction of sp³-hybridized carbons (Fsp3) is 0.588. The lowest BCUT2D eigenvalue weighted by Gasteiger charge is -2.22. The van der Waals surface area contributed by atoms with E-state index in [0.29, 0.717) is 18.7 Å². The van der Waals surface area contributed by atoms with Crippen LogP contribution in [0, 0.1) is 0 Å². The van der Waals surface area contributed by atoms with E-state index in [4.69, 9.17) is 5.11 Å². The predicted octanol–water partition coefficient (Wildman–Crippen LogP) is 2.96. The molecule has 6 heteroatoms. The molecule has 2 amide bonds. The smallest absolute Gasteiger partial charge is 0.323 e. The topological polar surface area (TPSA) is 79.6 Å². The predicted molar refractivity (Wildman–Crippen MR) is 86.1 cm³/mol. The number of aromatic nitrogens is 1. The van der Waals surface area contributed by atoms with Crippen molar-refractivity contribution in [2.75, 3.05) is 4.90 Å². The Balaban J connectivity index is 2.22. The summed E-state index contributed by atoms with van der Waals surface area (Å²) < 4.78 is 1.43. The molecule has 1 fully saturated rings. The van der Waals surface area contributed by atoms with Gasteiger partial charge >= 0.3 is 5.97 Å². The summed E-state index contributed by atoms with van der Waals surface area (Å²) in [6.45, 7) is -0.264. The molecule has 1 aromatic heterocycles. The normalized spacial score (nSPS) is 18.3. The molecule has 0 aromatic carbocycles. The van der Waals surface area contributed by atoms with Gasteiger partial charge in [-0.05, 0) is 25.0 Å². The summed E-state index contributed by atoms with van der Waals surface area (Å²) in [7, 11) is 0. The summed E-state index contributed by atoms with van der Waals surface area (Å²) >= 11 is 0. The van der Waals surface area contributed by atoms with Crippen molar-refractivity contribution in [3.8, 4) is 0 Å². The maximum atomic E-state index is 12.5. The van der Waals surface area contributed by atoms with Gasteiger partial charge in [0.05, 0.1) is 0 Å². The number of amides is 2. The molecule has 0 saturated carbocycles. The van der Waals surface area contributed by atoms with E-state index in [0.717, 1.165) is 44.9 Å². The minimum Gasteiger partial charge on any atom is -0.480 e. The van der Waals surface area contributed by atoms with Crippen molar-refractivity contribution >= 4 is 23.6 Å². The Morgan fingerprint density at radius 2 is 1.48 bits per heavy atom. The zero-order chi connectivity index (χ0) is 16.7. The summed E-state index contributed by atoms with van der Waals surface area (Å²) in [5, 5.41) is 8.98. The van der Waals surface area contributed by atoms with Crippen LogP contribution < -0.4 is 4.90 Å². The number of hydrogen-bond acceptors (Lipinski definition) is 3. The Hall–Kier alpha value is -2.11. The maximum absolute atomic E-state index is 12.5. The average molecular weight is 320 g/mol. The number of rotatable bonds is 3. The lowest BCUT2D eigenvalue weighted by molar-refractivity contribution is -0.138. The Morgan fingerprint density at radius 3 is 2.00 bits per heavy atom. The number of carbonyl (C=O) groups excluding carboxylic acids is 2. The van der Waals surface area contributed by atoms with Gasteiger partial charge in [0.1, 0.15) is 12.4 Å². The first-order valence-corrected chi connectivity index (χ1v) is 8.32. The van der Waals surface area contributed by atoms with Crippen LogP contribution in [0.25, 0.3) is 0 Å². The molecule has 1 aromatic rings. The number of nitrogens with zero attached hydrogens (tertiary/aromatic N) is 2. The van der Waals surface area contributed by atoms with Crippen molar-refractivity contribution in [3.05, 3.63) is 18.3 Å². The third-order valence-electron chi connectivity index (χ3n) is 4.12. The fourth-order valence-electron chi connectivity index (χ4n) is 2.94. The van der Waals surface area contributed by atoms with Crippen LogP contribution in [-0.2, 0) is 20.9 Å². The van der Waals surface area contributed by atoms with Crippen molar-refractivity contribution in [1.82, 2.24) is 4.57 Å². The second-order valence-corrected chi connectivity index (χ2v) is 5.99. The molecule has 126 valence electrons. The molecule has 6 nitrogen and oxygen atoms in total. The highest BCUT2D eigenvalue weighted by molar-refractivity contribution is 6.14. The zero-order valence-electron chi connectivity index (χ0n) is 13.4. The molecular formula is C17H24N2O4. The molecule has 0 atom stereocenters. The number of imide groups is 1. The molecule has 0 unspecified atom stereocenters. The number of hydrogen-bond donors (Lipinski definition) is 1. The van der Waals surface area contributed by atoms with Gasteiger partial charge < -0.3 is 9.67 Å². The van der Waals surface area contributed by atoms with Gasteiger partial charge in [0.15, 0.2) is 0 Å². The van der Waals surface area contributed by atoms with Gasteiger partial charge in [0, 0.05) is 19.0 Å². The summed E-state index contributed by atoms with van der Waals surface area (Å²) in [4.78, 5) is 37.2. The van der Waals surface area contributed by atoms with Crippen molar-refractivity contribution in [3.63, 3.8) is 0 Å². The van der Waals surface area contributed by atoms with Crippen molar-refractivity contribution < 1.29 is 19.5 Å². The number of aliphatic carboxylic acids is 1. The number of carboxylic acids is 1. The Labute approximate surface area is 136 Å². The van der Waals surface area contributed by atoms with Crippen molar-refractivity contribution in [2.45, 2.75) is 64.3 Å². The third-order valence-corrected chi connectivity index (χ3v) is 4.12. The molecule has 1 aliphatic heterocycles. The molecule has 0 aliphatic carbocycles. The van der Waals surface area contributed by atoms with E-state index in [1.807, 2.05) is 0 Å². The van der Waals surface area contributed by atoms with Gasteiger partial charge in [-0.25, -0.2) is 4.90 Å². The van der Waals surface area contributed by atoms with E-state index in [2.05, 4.69) is 0 Å². The van der Waals surface area contributed by atoms with Crippen LogP contribution in [0.2, 0.25) is 0 Å². The van der Waals surface area contributed by atoms with E-state index < -0.39 is 5.97 Å². The van der Waals surface area contributed by atoms with Crippen LogP contribution in [0.5, 0.6) is 0 Å². The van der Waals surface area contributed by atoms with Crippen molar-refractivity contribution in [2.24, 2.45) is 0 Å². The third kappa shape index (κ3) is 4.94. The Kier molecular flexibility index (Phi) is 6.38. The first-order valence-electron chi connectivity index (χ1n) is 8.32. The van der Waals surface area contributed by atoms with E-state index in [-0.39, 0.29) is 18.4 Å². The van der Waals surface area contributed by atoms with Crippen LogP contribution in [0.3, 0.4) is 0 Å². The van der Waals surface area contributed by atoms with E-state index in [1.165, 1.54) is 9.47 Å². The molecule has 2 heterocycles. The minimum absolute atomic E-state index is 0.235. The highest BCUT2D eigenvalue weighted by atomic mass is 16.4. The lowest BCUT2D eigenvalue weighted by atomic mass is 10.0. The lowest BCUT2D eigenvalue weighted by Crippen LogP contribution is -2.38. The van der Waals surface area contributed by atoms with Crippen LogP contribution in [0.1, 0.15) is 57.8 Å². The minimum atomic E-state index is -1.00. The number of carboxylic acid groups (broad SMARTS) is 1. The first-order chi connectivity index (χ1) is 11.1. The molecule has 1 saturated heterocycles. The van der Waals surface area contributed by atoms with Gasteiger partial charge in [-0.3, -0.25) is 14.4 Å². The van der Waals surface area contributed by atoms with Crippen LogP contribution in [0.4, 0.5) is 5.82 Å². The number of carbonyl (C=O) groups is 3. The van der Waals surface area contributed by atoms with Crippen LogP contribution in [-0.4, -0.2) is 27.5 Å². The molecule has 1 N–H and O–H groups in total. The molecule has 0 bridgehead atoms. The summed E-state index contributed by atoms with van der Waals surface area (Å²) in [5.74, 6) is -1.11. The van der Waals surface area contributed by atoms with Gasteiger partial charge in [0.2, 0.25) is 11.8 Å². The summed E-state index contributed by atoms with van der Waals surface area (Å²) in [6, 6.07) is 3.29. The Bertz CT molecular complexity index is 543. The zero-order valence-corrected chi connectivity index (χ0v) is 13.4. The second kappa shape index (κ2) is 8.50. The molecule has 1 aliphatic rings. The van der Waals surface area contributed by atoms with E-state index in [1.54, 1.807) is 18.3 Å². The van der Waals surface area contributed by atoms with Gasteiger partial charge in [-0.15, -0.1) is 0 Å². The monoisotopic (exact) mass is 320 g/mol. The second-order valence-electron chi connectivity index (χ2n) is 5.99. The summed E-state index contributed by atoms with van der Waals surface area (Å²) in [5.41, 5.74) is 0. The largest absolute Gasteiger partial charge is 0.480 e. The standard InChI is InChI=1S/C17H24N2O4/c20-15-10-6-4-2-1-3-5-7-11-16(21)19(15)14-9-8-12-18(14)13-17(22)23/h8-9,12H,1-7,10-11,13H2,(H,22,23). The van der Waals surface area contributed by atoms with E-state index in [9.17, 15) is 14.4 Å². The molecule has 23 heavy (non-hydrogen) atoms. The Morgan fingerprint density at radius 1 is 0.957 bits per heavy atom. The van der Waals surface area contributed by atoms with Crippen LogP contribution in [0.15, 0.2) is 18.3 Å². The molecule has 2 rings (SSSR count).